The first kappa shape index (κ1) is 27.3. The predicted octanol–water partition coefficient (Wildman–Crippen LogP) is 7.06. The van der Waals surface area contributed by atoms with Crippen molar-refractivity contribution in [2.75, 3.05) is 0 Å². The number of pyridine rings is 2. The Morgan fingerprint density at radius 2 is 1.53 bits per heavy atom. The van der Waals surface area contributed by atoms with Gasteiger partial charge in [0.2, 0.25) is 0 Å². The summed E-state index contributed by atoms with van der Waals surface area (Å²) in [5, 5.41) is 4.72. The Morgan fingerprint density at radius 1 is 0.763 bits per heavy atom. The van der Waals surface area contributed by atoms with E-state index in [1.54, 1.807) is 35.0 Å². The van der Waals surface area contributed by atoms with Crippen LogP contribution < -0.4 is 4.74 Å². The fourth-order valence-corrected chi connectivity index (χ4v) is 3.76. The van der Waals surface area contributed by atoms with Crippen molar-refractivity contribution in [1.82, 2.24) is 19.7 Å². The summed E-state index contributed by atoms with van der Waals surface area (Å²) in [5.41, 5.74) is 0.463. The molecule has 5 aromatic rings. The van der Waals surface area contributed by atoms with E-state index in [0.717, 1.165) is 11.8 Å². The Morgan fingerprint density at radius 3 is 2.24 bits per heavy atom. The average molecular weight is 694 g/mol. The minimum absolute atomic E-state index is 0. The third-order valence-electron chi connectivity index (χ3n) is 5.81. The number of benzene rings is 2. The van der Waals surface area contributed by atoms with Crippen LogP contribution in [0.2, 0.25) is 0 Å². The molecule has 0 amide bonds. The molecule has 9 heteroatoms. The summed E-state index contributed by atoms with van der Waals surface area (Å²) in [4.78, 5) is 8.48. The van der Waals surface area contributed by atoms with Gasteiger partial charge in [-0.05, 0) is 55.2 Å². The first-order valence-electron chi connectivity index (χ1n) is 11.5. The maximum absolute atomic E-state index is 13.3. The molecule has 0 fully saturated rings. The number of hydrogen-bond donors (Lipinski definition) is 0. The standard InChI is InChI=1S/C29H21F3N4O.Pt/c1-28(2,25-16-17-36(35-25)20-10-5-3-6-11-20)27-19-22(37-21-12-7-4-8-13-21)18-24(34-27)23-14-9-15-26(33-23)29(30,31)32;/h3-10,12-13,15-19H,1-2H3;/q-2;+2. The van der Waals surface area contributed by atoms with E-state index in [0.29, 0.717) is 22.9 Å². The molecule has 0 aliphatic heterocycles. The number of hydrogen-bond acceptors (Lipinski definition) is 4. The maximum Gasteiger partial charge on any atom is 2.00 e. The average Bonchev–Trinajstić information content (AvgIpc) is 3.41. The van der Waals surface area contributed by atoms with Crippen LogP contribution >= 0.6 is 0 Å². The molecule has 3 aromatic heterocycles. The van der Waals surface area contributed by atoms with Crippen molar-refractivity contribution >= 4 is 0 Å². The number of para-hydroxylation sites is 2. The molecule has 2 aromatic carbocycles. The molecule has 38 heavy (non-hydrogen) atoms. The van der Waals surface area contributed by atoms with Gasteiger partial charge in [-0.25, -0.2) is 0 Å². The smallest absolute Gasteiger partial charge is 0.458 e. The second kappa shape index (κ2) is 10.9. The summed E-state index contributed by atoms with van der Waals surface area (Å²) in [6, 6.07) is 29.8. The van der Waals surface area contributed by atoms with Gasteiger partial charge in [0.05, 0.1) is 11.4 Å². The van der Waals surface area contributed by atoms with Crippen LogP contribution in [0.15, 0.2) is 91.1 Å². The molecule has 0 aliphatic rings. The topological polar surface area (TPSA) is 52.8 Å². The molecule has 0 atom stereocenters. The minimum atomic E-state index is -4.59. The van der Waals surface area contributed by atoms with E-state index in [1.807, 2.05) is 62.5 Å². The van der Waals surface area contributed by atoms with Crippen LogP contribution in [0.1, 0.15) is 30.9 Å². The predicted molar refractivity (Wildman–Crippen MR) is 132 cm³/mol. The van der Waals surface area contributed by atoms with Crippen LogP contribution in [0.3, 0.4) is 0 Å². The summed E-state index contributed by atoms with van der Waals surface area (Å²) in [6.07, 6.45) is -2.76. The monoisotopic (exact) mass is 693 g/mol. The van der Waals surface area contributed by atoms with E-state index in [2.05, 4.69) is 17.1 Å². The Hall–Kier alpha value is -3.77. The van der Waals surface area contributed by atoms with E-state index in [9.17, 15) is 13.2 Å². The summed E-state index contributed by atoms with van der Waals surface area (Å²) >= 11 is 0. The fourth-order valence-electron chi connectivity index (χ4n) is 3.76. The Bertz CT molecular complexity index is 1520. The molecular weight excluding hydrogens is 672 g/mol. The van der Waals surface area contributed by atoms with Crippen molar-refractivity contribution in [2.45, 2.75) is 25.4 Å². The third kappa shape index (κ3) is 5.86. The quantitative estimate of drug-likeness (QED) is 0.179. The first-order valence-corrected chi connectivity index (χ1v) is 11.5. The third-order valence-corrected chi connectivity index (χ3v) is 5.81. The van der Waals surface area contributed by atoms with Crippen LogP contribution in [0.4, 0.5) is 13.2 Å². The summed E-state index contributed by atoms with van der Waals surface area (Å²) in [5.74, 6) is 0.982. The number of alkyl halides is 3. The minimum Gasteiger partial charge on any atom is -0.458 e. The molecule has 3 heterocycles. The van der Waals surface area contributed by atoms with Crippen LogP contribution in [-0.2, 0) is 32.7 Å². The van der Waals surface area contributed by atoms with Gasteiger partial charge in [-0.2, -0.15) is 54.7 Å². The first-order chi connectivity index (χ1) is 17.7. The van der Waals surface area contributed by atoms with Gasteiger partial charge in [-0.1, -0.05) is 18.2 Å². The zero-order chi connectivity index (χ0) is 26.0. The number of ether oxygens (including phenoxy) is 1. The van der Waals surface area contributed by atoms with Gasteiger partial charge in [-0.3, -0.25) is 9.67 Å². The summed E-state index contributed by atoms with van der Waals surface area (Å²) in [7, 11) is 0. The van der Waals surface area contributed by atoms with Crippen molar-refractivity contribution in [3.63, 3.8) is 0 Å². The summed E-state index contributed by atoms with van der Waals surface area (Å²) < 4.78 is 47.8. The van der Waals surface area contributed by atoms with Crippen LogP contribution in [0, 0.1) is 12.1 Å². The molecule has 0 saturated heterocycles. The largest absolute Gasteiger partial charge is 2.00 e. The number of rotatable bonds is 6. The van der Waals surface area contributed by atoms with Crippen molar-refractivity contribution < 1.29 is 39.0 Å². The molecule has 0 radical (unpaired) electrons. The molecule has 5 rings (SSSR count). The normalized spacial score (nSPS) is 11.6. The van der Waals surface area contributed by atoms with E-state index in [-0.39, 0.29) is 32.5 Å². The number of aromatic nitrogens is 4. The molecule has 0 spiro atoms. The molecule has 0 saturated carbocycles. The van der Waals surface area contributed by atoms with E-state index >= 15 is 0 Å². The zero-order valence-corrected chi connectivity index (χ0v) is 22.6. The maximum atomic E-state index is 13.3. The van der Waals surface area contributed by atoms with Gasteiger partial charge < -0.3 is 9.72 Å². The van der Waals surface area contributed by atoms with E-state index in [1.165, 1.54) is 6.07 Å². The van der Waals surface area contributed by atoms with Gasteiger partial charge in [0.15, 0.2) is 0 Å². The van der Waals surface area contributed by atoms with Crippen molar-refractivity contribution in [2.24, 2.45) is 0 Å². The van der Waals surface area contributed by atoms with Gasteiger partial charge in [0.25, 0.3) is 0 Å². The van der Waals surface area contributed by atoms with Gasteiger partial charge in [0, 0.05) is 23.4 Å². The van der Waals surface area contributed by atoms with Gasteiger partial charge in [0.1, 0.15) is 11.5 Å². The molecule has 5 nitrogen and oxygen atoms in total. The second-order valence-corrected chi connectivity index (χ2v) is 8.83. The molecule has 0 N–H and O–H groups in total. The van der Waals surface area contributed by atoms with Gasteiger partial charge >= 0.3 is 27.2 Å². The van der Waals surface area contributed by atoms with Crippen molar-refractivity contribution in [3.05, 3.63) is 120 Å². The van der Waals surface area contributed by atoms with Crippen LogP contribution in [0.5, 0.6) is 11.5 Å². The second-order valence-electron chi connectivity index (χ2n) is 8.83. The fraction of sp³-hybridized carbons (Fsp3) is 0.138. The van der Waals surface area contributed by atoms with Crippen LogP contribution in [0.25, 0.3) is 17.1 Å². The summed E-state index contributed by atoms with van der Waals surface area (Å²) in [6.45, 7) is 3.88. The van der Waals surface area contributed by atoms with Crippen LogP contribution in [-0.4, -0.2) is 19.7 Å². The number of halogens is 3. The SMILES string of the molecule is CC(C)(c1cc(Oc2ccccc2)cc(-c2[c-]ccc(C(F)(F)F)n2)n1)c1ccn(-c2[c-]cccc2)n1.[Pt+2]. The zero-order valence-electron chi connectivity index (χ0n) is 20.3. The molecule has 0 aliphatic carbocycles. The molecule has 0 unspecified atom stereocenters. The number of nitrogens with zero attached hydrogens (tertiary/aromatic N) is 4. The molecule has 0 bridgehead atoms. The Balaban J connectivity index is 0.00000336. The molecule has 194 valence electrons. The van der Waals surface area contributed by atoms with Gasteiger partial charge in [-0.15, -0.1) is 12.1 Å². The van der Waals surface area contributed by atoms with Crippen molar-refractivity contribution in [1.29, 1.82) is 0 Å². The molecular formula is C29H21F3N4OPt. The Kier molecular flexibility index (Phi) is 7.83. The van der Waals surface area contributed by atoms with E-state index in [4.69, 9.17) is 14.8 Å². The van der Waals surface area contributed by atoms with Crippen molar-refractivity contribution in [3.8, 4) is 28.6 Å². The Labute approximate surface area is 232 Å². The van der Waals surface area contributed by atoms with E-state index < -0.39 is 17.3 Å².